The fourth-order valence-electron chi connectivity index (χ4n) is 3.91. The number of alkyl halides is 1. The number of terminal acetylenes is 1. The largest absolute Gasteiger partial charge is 3.00 e. The summed E-state index contributed by atoms with van der Waals surface area (Å²) in [4.78, 5) is 50.3. The first-order chi connectivity index (χ1) is 17.6. The first-order valence-electron chi connectivity index (χ1n) is 11.5. The number of hydrogen-bond acceptors (Lipinski definition) is 11. The number of hydrogen-bond donors (Lipinski definition) is 1. The van der Waals surface area contributed by atoms with Crippen LogP contribution < -0.4 is 25.4 Å². The summed E-state index contributed by atoms with van der Waals surface area (Å²) in [6.45, 7) is -0.268. The predicted molar refractivity (Wildman–Crippen MR) is 134 cm³/mol. The molecule has 2 unspecified atom stereocenters. The van der Waals surface area contributed by atoms with Crippen molar-refractivity contribution in [1.29, 1.82) is 0 Å². The van der Waals surface area contributed by atoms with Gasteiger partial charge in [0.05, 0.1) is 22.3 Å². The zero-order valence-electron chi connectivity index (χ0n) is 20.5. The molecule has 14 heteroatoms. The Morgan fingerprint density at radius 2 is 1.55 bits per heavy atom. The topological polar surface area (TPSA) is 168 Å². The summed E-state index contributed by atoms with van der Waals surface area (Å²) in [7, 11) is 0. The zero-order valence-corrected chi connectivity index (χ0v) is 24.9. The van der Waals surface area contributed by atoms with Crippen LogP contribution in [0, 0.1) is 52.3 Å². The van der Waals surface area contributed by atoms with Crippen molar-refractivity contribution in [2.75, 3.05) is 56.8 Å². The molecular formula is C24H28GdIN4O8. The van der Waals surface area contributed by atoms with Crippen molar-refractivity contribution >= 4 is 46.4 Å². The maximum Gasteiger partial charge on any atom is 3.00 e. The molecule has 1 heterocycles. The SMILES string of the molecule is C#CC(NC(=O)CI)c1ccc(OC2CN(CC(=O)[O-])CCCN(CC(=O)[O-])CCN2CC(=O)[O-])cc1.[Gd+3]. The van der Waals surface area contributed by atoms with Crippen LogP contribution in [-0.4, -0.2) is 102 Å². The number of carbonyl (C=O) groups excluding carboxylic acids is 4. The van der Waals surface area contributed by atoms with Crippen molar-refractivity contribution in [2.45, 2.75) is 18.7 Å². The van der Waals surface area contributed by atoms with Gasteiger partial charge in [-0.3, -0.25) is 19.5 Å². The molecule has 1 fully saturated rings. The van der Waals surface area contributed by atoms with Gasteiger partial charge in [0.2, 0.25) is 5.91 Å². The Morgan fingerprint density at radius 1 is 0.974 bits per heavy atom. The second-order valence-corrected chi connectivity index (χ2v) is 9.16. The van der Waals surface area contributed by atoms with Crippen LogP contribution >= 0.6 is 22.6 Å². The second-order valence-electron chi connectivity index (χ2n) is 8.39. The monoisotopic (exact) mass is 785 g/mol. The van der Waals surface area contributed by atoms with Gasteiger partial charge < -0.3 is 39.8 Å². The van der Waals surface area contributed by atoms with Gasteiger partial charge in [-0.1, -0.05) is 40.6 Å². The van der Waals surface area contributed by atoms with E-state index in [2.05, 4.69) is 11.2 Å². The van der Waals surface area contributed by atoms with Crippen molar-refractivity contribution in [3.05, 3.63) is 29.8 Å². The molecule has 1 aliphatic heterocycles. The average Bonchev–Trinajstić information content (AvgIpc) is 2.83. The molecule has 0 aliphatic carbocycles. The van der Waals surface area contributed by atoms with E-state index in [1.807, 2.05) is 22.6 Å². The van der Waals surface area contributed by atoms with Crippen molar-refractivity contribution in [1.82, 2.24) is 20.0 Å². The van der Waals surface area contributed by atoms with E-state index in [0.29, 0.717) is 24.3 Å². The van der Waals surface area contributed by atoms with Crippen molar-refractivity contribution in [3.8, 4) is 18.1 Å². The maximum absolute atomic E-state index is 11.7. The van der Waals surface area contributed by atoms with Crippen LogP contribution in [0.3, 0.4) is 0 Å². The molecule has 207 valence electrons. The molecule has 38 heavy (non-hydrogen) atoms. The van der Waals surface area contributed by atoms with E-state index in [9.17, 15) is 34.5 Å². The van der Waals surface area contributed by atoms with Crippen LogP contribution in [0.2, 0.25) is 0 Å². The molecule has 2 rings (SSSR count). The number of nitrogens with zero attached hydrogens (tertiary/aromatic N) is 3. The Morgan fingerprint density at radius 3 is 2.11 bits per heavy atom. The minimum absolute atomic E-state index is 0. The third-order valence-electron chi connectivity index (χ3n) is 5.59. The summed E-state index contributed by atoms with van der Waals surface area (Å²) < 4.78 is 6.34. The van der Waals surface area contributed by atoms with Crippen LogP contribution in [0.1, 0.15) is 18.0 Å². The summed E-state index contributed by atoms with van der Waals surface area (Å²) >= 11 is 1.92. The molecule has 0 aromatic heterocycles. The molecule has 1 N–H and O–H groups in total. The fourth-order valence-corrected chi connectivity index (χ4v) is 4.13. The number of carbonyl (C=O) groups is 4. The molecule has 1 aliphatic rings. The molecule has 0 spiro atoms. The van der Waals surface area contributed by atoms with Gasteiger partial charge in [0.1, 0.15) is 11.8 Å². The molecule has 12 nitrogen and oxygen atoms in total. The van der Waals surface area contributed by atoms with Crippen LogP contribution in [-0.2, 0) is 19.2 Å². The molecule has 1 radical (unpaired) electrons. The number of aliphatic carboxylic acids is 3. The van der Waals surface area contributed by atoms with E-state index < -0.39 is 43.3 Å². The van der Waals surface area contributed by atoms with E-state index in [1.54, 1.807) is 34.1 Å². The molecule has 0 saturated carbocycles. The van der Waals surface area contributed by atoms with Crippen molar-refractivity contribution < 1.29 is 79.2 Å². The van der Waals surface area contributed by atoms with Gasteiger partial charge >= 0.3 is 39.9 Å². The number of benzene rings is 1. The standard InChI is InChI=1S/C24H31IN4O8.Gd/c1-2-19(26-20(30)12-25)17-4-6-18(7-5-17)37-21-13-28(15-23(33)34)9-3-8-27(14-22(31)32)10-11-29(21)16-24(35)36;/h1,4-7,19,21H,3,8-16H2,(H,26,30)(H,31,32)(H,33,34)(H,35,36);/q;+3/p-3. The fraction of sp³-hybridized carbons (Fsp3) is 0.500. The second kappa shape index (κ2) is 17.9. The summed E-state index contributed by atoms with van der Waals surface area (Å²) in [6.07, 6.45) is 5.11. The number of carboxylic acid groups (broad SMARTS) is 3. The minimum Gasteiger partial charge on any atom is -0.549 e. The van der Waals surface area contributed by atoms with Crippen molar-refractivity contribution in [2.24, 2.45) is 0 Å². The van der Waals surface area contributed by atoms with E-state index in [-0.39, 0.29) is 83.0 Å². The van der Waals surface area contributed by atoms with Gasteiger partial charge in [-0.15, -0.1) is 6.42 Å². The van der Waals surface area contributed by atoms with Crippen molar-refractivity contribution in [3.63, 3.8) is 0 Å². The molecular weight excluding hydrogens is 756 g/mol. The third-order valence-corrected chi connectivity index (χ3v) is 6.28. The summed E-state index contributed by atoms with van der Waals surface area (Å²) in [6, 6.07) is 5.90. The molecule has 2 atom stereocenters. The summed E-state index contributed by atoms with van der Waals surface area (Å²) in [5.74, 6) is -1.32. The minimum atomic E-state index is -1.37. The number of ether oxygens (including phenoxy) is 1. The Bertz CT molecular complexity index is 991. The van der Waals surface area contributed by atoms with Crippen LogP contribution in [0.5, 0.6) is 5.75 Å². The molecule has 1 saturated heterocycles. The van der Waals surface area contributed by atoms with E-state index in [1.165, 1.54) is 4.90 Å². The zero-order chi connectivity index (χ0) is 27.4. The van der Waals surface area contributed by atoms with E-state index in [4.69, 9.17) is 11.2 Å². The van der Waals surface area contributed by atoms with Gasteiger partial charge in [-0.2, -0.15) is 0 Å². The molecule has 0 bridgehead atoms. The van der Waals surface area contributed by atoms with Crippen LogP contribution in [0.15, 0.2) is 24.3 Å². The van der Waals surface area contributed by atoms with Gasteiger partial charge in [-0.05, 0) is 37.2 Å². The number of rotatable bonds is 11. The Balaban J connectivity index is 0.00000722. The maximum atomic E-state index is 11.7. The smallest absolute Gasteiger partial charge is 0.549 e. The molecule has 1 aromatic rings. The normalized spacial score (nSPS) is 18.3. The Kier molecular flexibility index (Phi) is 16.2. The number of amides is 1. The van der Waals surface area contributed by atoms with E-state index >= 15 is 0 Å². The number of halogens is 1. The Labute approximate surface area is 266 Å². The molecule has 1 amide bonds. The van der Waals surface area contributed by atoms with Gasteiger partial charge in [-0.25, -0.2) is 0 Å². The quantitative estimate of drug-likeness (QED) is 0.133. The van der Waals surface area contributed by atoms with Gasteiger partial charge in [0.25, 0.3) is 0 Å². The van der Waals surface area contributed by atoms with Crippen LogP contribution in [0.25, 0.3) is 0 Å². The first kappa shape index (κ1) is 34.4. The average molecular weight is 785 g/mol. The number of carboxylic acids is 3. The molecule has 1 aromatic carbocycles. The summed E-state index contributed by atoms with van der Waals surface area (Å²) in [5.41, 5.74) is 0.641. The summed E-state index contributed by atoms with van der Waals surface area (Å²) in [5, 5.41) is 36.7. The van der Waals surface area contributed by atoms with E-state index in [0.717, 1.165) is 0 Å². The Hall–Kier alpha value is -1.61. The third kappa shape index (κ3) is 12.5. The number of nitrogens with one attached hydrogen (secondary N) is 1. The predicted octanol–water partition coefficient (Wildman–Crippen LogP) is -3.82. The first-order valence-corrected chi connectivity index (χ1v) is 13.0. The van der Waals surface area contributed by atoms with Gasteiger partial charge in [0, 0.05) is 39.3 Å². The van der Waals surface area contributed by atoms with Gasteiger partial charge in [0.15, 0.2) is 6.23 Å². The van der Waals surface area contributed by atoms with Crippen LogP contribution in [0.4, 0.5) is 0 Å².